The average molecular weight is 315 g/mol. The van der Waals surface area contributed by atoms with Gasteiger partial charge in [0.2, 0.25) is 0 Å². The molecule has 1 N–H and O–H groups in total. The minimum Gasteiger partial charge on any atom is -0.497 e. The van der Waals surface area contributed by atoms with E-state index in [1.165, 1.54) is 23.9 Å². The Bertz CT molecular complexity index is 967. The SMILES string of the molecule is COc1ccc2c3c(c(=O)oc2c1)Sc1cc(F)ccc1N3. The number of hydrogen-bond acceptors (Lipinski definition) is 5. The molecule has 0 radical (unpaired) electrons. The van der Waals surface area contributed by atoms with Crippen molar-refractivity contribution in [1.29, 1.82) is 0 Å². The van der Waals surface area contributed by atoms with Crippen LogP contribution in [0.1, 0.15) is 0 Å². The van der Waals surface area contributed by atoms with Crippen molar-refractivity contribution < 1.29 is 13.5 Å². The monoisotopic (exact) mass is 315 g/mol. The van der Waals surface area contributed by atoms with Crippen molar-refractivity contribution in [2.45, 2.75) is 9.79 Å². The van der Waals surface area contributed by atoms with Crippen molar-refractivity contribution in [2.24, 2.45) is 0 Å². The van der Waals surface area contributed by atoms with Crippen LogP contribution in [0.25, 0.3) is 11.0 Å². The zero-order valence-corrected chi connectivity index (χ0v) is 12.3. The molecule has 2 heterocycles. The number of rotatable bonds is 1. The summed E-state index contributed by atoms with van der Waals surface area (Å²) in [5.74, 6) is 0.271. The van der Waals surface area contributed by atoms with Crippen LogP contribution in [0.5, 0.6) is 5.75 Å². The molecule has 22 heavy (non-hydrogen) atoms. The summed E-state index contributed by atoms with van der Waals surface area (Å²) in [5.41, 5.74) is 1.43. The number of nitrogens with one attached hydrogen (secondary N) is 1. The topological polar surface area (TPSA) is 51.5 Å². The number of benzene rings is 2. The molecule has 4 nitrogen and oxygen atoms in total. The van der Waals surface area contributed by atoms with Crippen LogP contribution in [0, 0.1) is 5.82 Å². The molecule has 1 aliphatic rings. The van der Waals surface area contributed by atoms with Crippen molar-refractivity contribution in [3.8, 4) is 5.75 Å². The fraction of sp³-hybridized carbons (Fsp3) is 0.0625. The number of halogens is 1. The Morgan fingerprint density at radius 2 is 2.09 bits per heavy atom. The molecule has 0 atom stereocenters. The quantitative estimate of drug-likeness (QED) is 0.535. The Hall–Kier alpha value is -2.47. The van der Waals surface area contributed by atoms with Crippen molar-refractivity contribution in [3.05, 3.63) is 52.6 Å². The maximum absolute atomic E-state index is 13.4. The molecular formula is C16H10FNO3S. The highest BCUT2D eigenvalue weighted by Crippen LogP contribution is 2.45. The third-order valence-corrected chi connectivity index (χ3v) is 4.62. The van der Waals surface area contributed by atoms with E-state index in [1.807, 2.05) is 6.07 Å². The molecule has 0 spiro atoms. The van der Waals surface area contributed by atoms with Gasteiger partial charge in [-0.15, -0.1) is 0 Å². The number of anilines is 2. The molecule has 0 unspecified atom stereocenters. The number of hydrogen-bond donors (Lipinski definition) is 1. The third kappa shape index (κ3) is 1.95. The number of methoxy groups -OCH3 is 1. The molecule has 0 fully saturated rings. The average Bonchev–Trinajstić information content (AvgIpc) is 2.53. The minimum atomic E-state index is -0.455. The van der Waals surface area contributed by atoms with Crippen LogP contribution in [0.2, 0.25) is 0 Å². The zero-order valence-electron chi connectivity index (χ0n) is 11.5. The first kappa shape index (κ1) is 13.2. The molecule has 0 saturated heterocycles. The second-order valence-corrected chi connectivity index (χ2v) is 5.88. The van der Waals surface area contributed by atoms with E-state index >= 15 is 0 Å². The van der Waals surface area contributed by atoms with Gasteiger partial charge in [-0.2, -0.15) is 0 Å². The van der Waals surface area contributed by atoms with Crippen LogP contribution in [0.15, 0.2) is 55.4 Å². The molecule has 0 saturated carbocycles. The summed E-state index contributed by atoms with van der Waals surface area (Å²) in [4.78, 5) is 13.3. The first-order valence-corrected chi connectivity index (χ1v) is 7.36. The fourth-order valence-electron chi connectivity index (χ4n) is 2.44. The first-order chi connectivity index (χ1) is 10.7. The van der Waals surface area contributed by atoms with E-state index in [2.05, 4.69) is 5.32 Å². The van der Waals surface area contributed by atoms with Gasteiger partial charge in [-0.3, -0.25) is 0 Å². The molecule has 4 rings (SSSR count). The summed E-state index contributed by atoms with van der Waals surface area (Å²) in [6, 6.07) is 9.74. The summed E-state index contributed by atoms with van der Waals surface area (Å²) in [5, 5.41) is 3.98. The molecule has 110 valence electrons. The lowest BCUT2D eigenvalue weighted by molar-refractivity contribution is 0.414. The van der Waals surface area contributed by atoms with Crippen LogP contribution < -0.4 is 15.7 Å². The molecule has 6 heteroatoms. The number of fused-ring (bicyclic) bond motifs is 4. The predicted molar refractivity (Wildman–Crippen MR) is 82.8 cm³/mol. The lowest BCUT2D eigenvalue weighted by atomic mass is 10.2. The molecule has 0 amide bonds. The Morgan fingerprint density at radius 1 is 1.23 bits per heavy atom. The molecule has 2 aromatic carbocycles. The van der Waals surface area contributed by atoms with Crippen LogP contribution >= 0.6 is 11.8 Å². The van der Waals surface area contributed by atoms with Gasteiger partial charge in [0.1, 0.15) is 22.0 Å². The third-order valence-electron chi connectivity index (χ3n) is 3.49. The standard InChI is InChI=1S/C16H10FNO3S/c1-20-9-3-4-10-12(7-9)21-16(19)15-14(10)18-11-5-2-8(17)6-13(11)22-15/h2-7,18H,1H3. The van der Waals surface area contributed by atoms with Gasteiger partial charge in [-0.1, -0.05) is 11.8 Å². The van der Waals surface area contributed by atoms with Crippen molar-refractivity contribution in [2.75, 3.05) is 12.4 Å². The normalized spacial score (nSPS) is 12.5. The number of ether oxygens (including phenoxy) is 1. The molecule has 1 aliphatic heterocycles. The second kappa shape index (κ2) is 4.78. The van der Waals surface area contributed by atoms with E-state index in [0.29, 0.717) is 26.8 Å². The van der Waals surface area contributed by atoms with Gasteiger partial charge in [0.25, 0.3) is 0 Å². The smallest absolute Gasteiger partial charge is 0.352 e. The molecule has 0 aliphatic carbocycles. The Kier molecular flexibility index (Phi) is 2.87. The summed E-state index contributed by atoms with van der Waals surface area (Å²) in [6.07, 6.45) is 0. The highest BCUT2D eigenvalue weighted by Gasteiger charge is 2.23. The maximum atomic E-state index is 13.4. The van der Waals surface area contributed by atoms with Crippen LogP contribution in [-0.2, 0) is 0 Å². The van der Waals surface area contributed by atoms with E-state index in [0.717, 1.165) is 11.1 Å². The summed E-state index contributed by atoms with van der Waals surface area (Å²) >= 11 is 1.21. The second-order valence-electron chi connectivity index (χ2n) is 4.82. The minimum absolute atomic E-state index is 0.341. The molecular weight excluding hydrogens is 305 g/mol. The Balaban J connectivity index is 1.96. The van der Waals surface area contributed by atoms with Crippen LogP contribution in [0.4, 0.5) is 15.8 Å². The zero-order chi connectivity index (χ0) is 15.3. The van der Waals surface area contributed by atoms with Gasteiger partial charge >= 0.3 is 5.63 Å². The van der Waals surface area contributed by atoms with Gasteiger partial charge < -0.3 is 14.5 Å². The Morgan fingerprint density at radius 3 is 2.91 bits per heavy atom. The predicted octanol–water partition coefficient (Wildman–Crippen LogP) is 4.15. The van der Waals surface area contributed by atoms with Gasteiger partial charge in [-0.05, 0) is 30.3 Å². The van der Waals surface area contributed by atoms with Gasteiger partial charge in [-0.25, -0.2) is 9.18 Å². The van der Waals surface area contributed by atoms with Crippen molar-refractivity contribution in [3.63, 3.8) is 0 Å². The summed E-state index contributed by atoms with van der Waals surface area (Å²) in [6.45, 7) is 0. The molecule has 1 aromatic heterocycles. The van der Waals surface area contributed by atoms with E-state index in [1.54, 1.807) is 25.3 Å². The first-order valence-electron chi connectivity index (χ1n) is 6.55. The fourth-order valence-corrected chi connectivity index (χ4v) is 3.45. The van der Waals surface area contributed by atoms with Gasteiger partial charge in [0.15, 0.2) is 0 Å². The van der Waals surface area contributed by atoms with Gasteiger partial charge in [0, 0.05) is 16.3 Å². The van der Waals surface area contributed by atoms with E-state index < -0.39 is 5.63 Å². The molecule has 0 bridgehead atoms. The largest absolute Gasteiger partial charge is 0.497 e. The Labute approximate surface area is 128 Å². The van der Waals surface area contributed by atoms with Crippen molar-refractivity contribution in [1.82, 2.24) is 0 Å². The maximum Gasteiger partial charge on any atom is 0.352 e. The van der Waals surface area contributed by atoms with Crippen LogP contribution in [0.3, 0.4) is 0 Å². The lowest BCUT2D eigenvalue weighted by Gasteiger charge is -2.21. The van der Waals surface area contributed by atoms with E-state index in [4.69, 9.17) is 9.15 Å². The van der Waals surface area contributed by atoms with E-state index in [-0.39, 0.29) is 5.82 Å². The summed E-state index contributed by atoms with van der Waals surface area (Å²) in [7, 11) is 1.55. The van der Waals surface area contributed by atoms with Gasteiger partial charge in [0.05, 0.1) is 18.5 Å². The highest BCUT2D eigenvalue weighted by molar-refractivity contribution is 7.99. The summed E-state index contributed by atoms with van der Waals surface area (Å²) < 4.78 is 23.9. The van der Waals surface area contributed by atoms with Crippen molar-refractivity contribution >= 4 is 34.1 Å². The van der Waals surface area contributed by atoms with Crippen LogP contribution in [-0.4, -0.2) is 7.11 Å². The lowest BCUT2D eigenvalue weighted by Crippen LogP contribution is -2.10. The molecule has 3 aromatic rings. The highest BCUT2D eigenvalue weighted by atomic mass is 32.2. The van der Waals surface area contributed by atoms with E-state index in [9.17, 15) is 9.18 Å².